The van der Waals surface area contributed by atoms with Crippen LogP contribution in [-0.2, 0) is 4.57 Å². The molecule has 0 amide bonds. The van der Waals surface area contributed by atoms with Crippen molar-refractivity contribution in [1.29, 1.82) is 0 Å². The molecule has 0 unspecified atom stereocenters. The highest BCUT2D eigenvalue weighted by Crippen LogP contribution is 2.58. The van der Waals surface area contributed by atoms with Gasteiger partial charge >= 0.3 is 0 Å². The molecule has 0 fully saturated rings. The first-order valence-corrected chi connectivity index (χ1v) is 14.9. The second kappa shape index (κ2) is 12.3. The Morgan fingerprint density at radius 1 is 0.714 bits per heavy atom. The van der Waals surface area contributed by atoms with Crippen molar-refractivity contribution in [2.75, 3.05) is 0 Å². The van der Waals surface area contributed by atoms with E-state index in [9.17, 15) is 0 Å². The van der Waals surface area contributed by atoms with E-state index in [4.69, 9.17) is 0 Å². The third-order valence-electron chi connectivity index (χ3n) is 6.07. The summed E-state index contributed by atoms with van der Waals surface area (Å²) in [6.45, 7) is 2.21. The predicted octanol–water partition coefficient (Wildman–Crippen LogP) is 9.08. The molecule has 35 heavy (non-hydrogen) atoms. The molecule has 0 atom stereocenters. The molecule has 4 aromatic carbocycles. The lowest BCUT2D eigenvalue weighted by Crippen LogP contribution is -2.17. The molecule has 0 N–H and O–H groups in total. The van der Waals surface area contributed by atoms with Gasteiger partial charge in [0.1, 0.15) is 0 Å². The summed E-state index contributed by atoms with van der Waals surface area (Å²) in [5.41, 5.74) is 4.59. The molecular weight excluding hydrogens is 558 g/mol. The van der Waals surface area contributed by atoms with E-state index in [0.29, 0.717) is 0 Å². The van der Waals surface area contributed by atoms with E-state index < -0.39 is 7.14 Å². The van der Waals surface area contributed by atoms with E-state index in [0.717, 1.165) is 49.9 Å². The van der Waals surface area contributed by atoms with E-state index in [1.54, 1.807) is 0 Å². The summed E-state index contributed by atoms with van der Waals surface area (Å²) in [6, 6.07) is 40.9. The highest BCUT2D eigenvalue weighted by molar-refractivity contribution is 14.1. The van der Waals surface area contributed by atoms with Gasteiger partial charge in [-0.25, -0.2) is 0 Å². The van der Waals surface area contributed by atoms with Crippen molar-refractivity contribution in [3.63, 3.8) is 0 Å². The summed E-state index contributed by atoms with van der Waals surface area (Å²) < 4.78 is 16.2. The minimum atomic E-state index is -3.07. The van der Waals surface area contributed by atoms with Crippen LogP contribution in [0.5, 0.6) is 0 Å². The first kappa shape index (κ1) is 25.4. The number of hydrogen-bond acceptors (Lipinski definition) is 1. The number of unbranched alkanes of at least 4 members (excludes halogenated alkanes) is 1. The van der Waals surface area contributed by atoms with E-state index >= 15 is 4.57 Å². The van der Waals surface area contributed by atoms with Crippen LogP contribution in [0.3, 0.4) is 0 Å². The molecule has 4 rings (SSSR count). The molecule has 0 bridgehead atoms. The van der Waals surface area contributed by atoms with Crippen molar-refractivity contribution < 1.29 is 4.57 Å². The van der Waals surface area contributed by atoms with Crippen molar-refractivity contribution in [2.45, 2.75) is 26.2 Å². The summed E-state index contributed by atoms with van der Waals surface area (Å²) in [5, 5.41) is 1.74. The Kier molecular flexibility index (Phi) is 8.95. The molecule has 0 aliphatic rings. The summed E-state index contributed by atoms with van der Waals surface area (Å²) in [4.78, 5) is 0. The van der Waals surface area contributed by atoms with Gasteiger partial charge in [-0.3, -0.25) is 0 Å². The van der Waals surface area contributed by atoms with Crippen LogP contribution in [0.15, 0.2) is 130 Å². The van der Waals surface area contributed by atoms with Gasteiger partial charge in [-0.1, -0.05) is 135 Å². The molecule has 0 aliphatic carbocycles. The third-order valence-corrected chi connectivity index (χ3v) is 11.6. The van der Waals surface area contributed by atoms with Gasteiger partial charge in [-0.05, 0) is 63.8 Å². The zero-order chi connectivity index (χ0) is 24.5. The second-order valence-corrected chi connectivity index (χ2v) is 13.1. The van der Waals surface area contributed by atoms with Crippen LogP contribution >= 0.6 is 29.7 Å². The van der Waals surface area contributed by atoms with Crippen LogP contribution in [0, 0.1) is 0 Å². The van der Waals surface area contributed by atoms with Gasteiger partial charge in [0.05, 0.1) is 3.32 Å². The van der Waals surface area contributed by atoms with Gasteiger partial charge in [0.25, 0.3) is 0 Å². The standard InChI is InChI=1S/C32H30IOP/c1-2-3-24-30(31(27-18-10-5-11-19-27)25-26-16-8-4-9-17-26)32(33)35(34,28-20-12-6-13-21-28)29-22-14-7-15-23-29/h4-23,25H,2-3,24H2,1H3/b31-25+,32-30+. The molecule has 0 saturated heterocycles. The second-order valence-electron chi connectivity index (χ2n) is 8.49. The van der Waals surface area contributed by atoms with Crippen molar-refractivity contribution >= 4 is 52.0 Å². The van der Waals surface area contributed by atoms with Crippen LogP contribution in [-0.4, -0.2) is 0 Å². The maximum Gasteiger partial charge on any atom is 0.177 e. The van der Waals surface area contributed by atoms with E-state index in [1.807, 2.05) is 72.8 Å². The maximum absolute atomic E-state index is 15.2. The molecule has 0 heterocycles. The molecule has 0 radical (unpaired) electrons. The fourth-order valence-electron chi connectivity index (χ4n) is 4.22. The van der Waals surface area contributed by atoms with Crippen molar-refractivity contribution in [3.05, 3.63) is 141 Å². The third kappa shape index (κ3) is 5.94. The monoisotopic (exact) mass is 588 g/mol. The average molecular weight is 588 g/mol. The Morgan fingerprint density at radius 2 is 1.17 bits per heavy atom. The molecule has 0 saturated carbocycles. The topological polar surface area (TPSA) is 17.1 Å². The number of allylic oxidation sites excluding steroid dienone is 2. The highest BCUT2D eigenvalue weighted by atomic mass is 127. The fraction of sp³-hybridized carbons (Fsp3) is 0.125. The Morgan fingerprint density at radius 3 is 1.66 bits per heavy atom. The number of halogens is 1. The molecule has 4 aromatic rings. The molecule has 0 aliphatic heterocycles. The molecule has 0 spiro atoms. The van der Waals surface area contributed by atoms with Crippen molar-refractivity contribution in [1.82, 2.24) is 0 Å². The largest absolute Gasteiger partial charge is 0.308 e. The molecule has 3 heteroatoms. The lowest BCUT2D eigenvalue weighted by molar-refractivity contribution is 0.591. The van der Waals surface area contributed by atoms with Crippen LogP contribution in [0.1, 0.15) is 37.3 Å². The van der Waals surface area contributed by atoms with E-state index in [2.05, 4.69) is 84.1 Å². The summed E-state index contributed by atoms with van der Waals surface area (Å²) in [6.07, 6.45) is 5.22. The van der Waals surface area contributed by atoms with E-state index in [1.165, 1.54) is 5.57 Å². The first-order valence-electron chi connectivity index (χ1n) is 12.1. The van der Waals surface area contributed by atoms with Crippen molar-refractivity contribution in [3.8, 4) is 0 Å². The van der Waals surface area contributed by atoms with Gasteiger partial charge in [-0.15, -0.1) is 0 Å². The average Bonchev–Trinajstić information content (AvgIpc) is 2.94. The highest BCUT2D eigenvalue weighted by Gasteiger charge is 2.33. The quantitative estimate of drug-likeness (QED) is 0.0825. The van der Waals surface area contributed by atoms with Crippen LogP contribution < -0.4 is 10.6 Å². The fourth-order valence-corrected chi connectivity index (χ4v) is 9.00. The summed E-state index contributed by atoms with van der Waals surface area (Å²) in [7, 11) is -3.07. The van der Waals surface area contributed by atoms with Gasteiger partial charge in [0, 0.05) is 10.6 Å². The van der Waals surface area contributed by atoms with Gasteiger partial charge in [0.15, 0.2) is 7.14 Å². The minimum Gasteiger partial charge on any atom is -0.308 e. The number of hydrogen-bond donors (Lipinski definition) is 0. The molecule has 1 nitrogen and oxygen atoms in total. The number of benzene rings is 4. The zero-order valence-electron chi connectivity index (χ0n) is 20.0. The lowest BCUT2D eigenvalue weighted by atomic mass is 9.93. The summed E-state index contributed by atoms with van der Waals surface area (Å²) >= 11 is 2.39. The maximum atomic E-state index is 15.2. The van der Waals surface area contributed by atoms with Crippen LogP contribution in [0.2, 0.25) is 0 Å². The number of rotatable bonds is 9. The first-order chi connectivity index (χ1) is 17.1. The Hall–Kier alpha value is -2.68. The SMILES string of the molecule is CCCCC(=C(/I)P(=O)(c1ccccc1)c1ccccc1)/C(=C/c1ccccc1)c1ccccc1. The van der Waals surface area contributed by atoms with Gasteiger partial charge < -0.3 is 4.57 Å². The van der Waals surface area contributed by atoms with Crippen molar-refractivity contribution in [2.24, 2.45) is 0 Å². The predicted molar refractivity (Wildman–Crippen MR) is 161 cm³/mol. The van der Waals surface area contributed by atoms with E-state index in [-0.39, 0.29) is 0 Å². The smallest absolute Gasteiger partial charge is 0.177 e. The Balaban J connectivity index is 2.03. The molecular formula is C32H30IOP. The minimum absolute atomic E-state index is 0.867. The Labute approximate surface area is 223 Å². The lowest BCUT2D eigenvalue weighted by Gasteiger charge is -2.24. The van der Waals surface area contributed by atoms with Gasteiger partial charge in [-0.2, -0.15) is 0 Å². The zero-order valence-corrected chi connectivity index (χ0v) is 23.0. The normalized spacial score (nSPS) is 12.8. The molecule has 176 valence electrons. The summed E-state index contributed by atoms with van der Waals surface area (Å²) in [5.74, 6) is 0. The Bertz CT molecular complexity index is 1280. The van der Waals surface area contributed by atoms with Gasteiger partial charge in [0.2, 0.25) is 0 Å². The van der Waals surface area contributed by atoms with Crippen LogP contribution in [0.4, 0.5) is 0 Å². The molecule has 0 aromatic heterocycles. The van der Waals surface area contributed by atoms with Crippen LogP contribution in [0.25, 0.3) is 11.6 Å².